The highest BCUT2D eigenvalue weighted by Gasteiger charge is 2.22. The van der Waals surface area contributed by atoms with Crippen molar-refractivity contribution in [3.8, 4) is 0 Å². The molecule has 0 unspecified atom stereocenters. The molecule has 0 amide bonds. The molecule has 0 atom stereocenters. The largest absolute Gasteiger partial charge is 0.382 e. The van der Waals surface area contributed by atoms with E-state index in [-0.39, 0.29) is 5.54 Å². The molecule has 4 heteroatoms. The Morgan fingerprint density at radius 2 is 2.20 bits per heavy atom. The molecule has 0 saturated heterocycles. The Morgan fingerprint density at radius 3 is 2.87 bits per heavy atom. The Bertz CT molecular complexity index is 484. The molecular formula is C11H16N4. The number of nitrogen functional groups attached to an aromatic ring is 1. The molecule has 0 fully saturated rings. The SMILES string of the molecule is CCC(C)(C)n1nc(N)c2cccnc21. The molecule has 80 valence electrons. The Balaban J connectivity index is 2.72. The van der Waals surface area contributed by atoms with Crippen LogP contribution in [0.25, 0.3) is 11.0 Å². The van der Waals surface area contributed by atoms with E-state index in [0.29, 0.717) is 5.82 Å². The van der Waals surface area contributed by atoms with Gasteiger partial charge in [0.2, 0.25) is 0 Å². The van der Waals surface area contributed by atoms with Crippen LogP contribution in [0.4, 0.5) is 5.82 Å². The predicted octanol–water partition coefficient (Wildman–Crippen LogP) is 2.16. The number of hydrogen-bond donors (Lipinski definition) is 1. The van der Waals surface area contributed by atoms with Gasteiger partial charge in [0.25, 0.3) is 0 Å². The van der Waals surface area contributed by atoms with Crippen LogP contribution in [-0.4, -0.2) is 14.8 Å². The summed E-state index contributed by atoms with van der Waals surface area (Å²) in [7, 11) is 0. The average molecular weight is 204 g/mol. The van der Waals surface area contributed by atoms with Gasteiger partial charge in [-0.3, -0.25) is 0 Å². The second kappa shape index (κ2) is 3.22. The number of hydrogen-bond acceptors (Lipinski definition) is 3. The van der Waals surface area contributed by atoms with E-state index in [1.54, 1.807) is 6.20 Å². The first kappa shape index (κ1) is 9.96. The number of anilines is 1. The fraction of sp³-hybridized carbons (Fsp3) is 0.455. The van der Waals surface area contributed by atoms with Crippen LogP contribution >= 0.6 is 0 Å². The molecular weight excluding hydrogens is 188 g/mol. The zero-order chi connectivity index (χ0) is 11.1. The lowest BCUT2D eigenvalue weighted by Gasteiger charge is -2.23. The van der Waals surface area contributed by atoms with Crippen molar-refractivity contribution < 1.29 is 0 Å². The van der Waals surface area contributed by atoms with Crippen LogP contribution < -0.4 is 5.73 Å². The molecule has 0 aliphatic rings. The molecule has 0 aliphatic heterocycles. The van der Waals surface area contributed by atoms with E-state index >= 15 is 0 Å². The number of pyridine rings is 1. The fourth-order valence-corrected chi connectivity index (χ4v) is 1.55. The summed E-state index contributed by atoms with van der Waals surface area (Å²) >= 11 is 0. The minimum atomic E-state index is -0.0514. The van der Waals surface area contributed by atoms with Gasteiger partial charge in [0, 0.05) is 6.20 Å². The second-order valence-electron chi connectivity index (χ2n) is 4.34. The summed E-state index contributed by atoms with van der Waals surface area (Å²) in [5.74, 6) is 0.555. The summed E-state index contributed by atoms with van der Waals surface area (Å²) in [5, 5.41) is 5.29. The maximum Gasteiger partial charge on any atom is 0.160 e. The second-order valence-corrected chi connectivity index (χ2v) is 4.34. The van der Waals surface area contributed by atoms with E-state index in [1.165, 1.54) is 0 Å². The van der Waals surface area contributed by atoms with Gasteiger partial charge in [0.1, 0.15) is 0 Å². The van der Waals surface area contributed by atoms with Gasteiger partial charge in [-0.15, -0.1) is 0 Å². The zero-order valence-electron chi connectivity index (χ0n) is 9.36. The number of nitrogens with zero attached hydrogens (tertiary/aromatic N) is 3. The topological polar surface area (TPSA) is 56.7 Å². The molecule has 0 spiro atoms. The normalized spacial score (nSPS) is 12.2. The van der Waals surface area contributed by atoms with Gasteiger partial charge in [-0.2, -0.15) is 5.10 Å². The van der Waals surface area contributed by atoms with Crippen molar-refractivity contribution in [2.45, 2.75) is 32.7 Å². The molecule has 0 aromatic carbocycles. The molecule has 2 heterocycles. The summed E-state index contributed by atoms with van der Waals surface area (Å²) in [5.41, 5.74) is 6.67. The standard InChI is InChI=1S/C11H16N4/c1-4-11(2,3)15-10-8(9(12)14-15)6-5-7-13-10/h5-7H,4H2,1-3H3,(H2,12,14). The Hall–Kier alpha value is -1.58. The first-order chi connectivity index (χ1) is 7.06. The van der Waals surface area contributed by atoms with Crippen LogP contribution in [0.1, 0.15) is 27.2 Å². The first-order valence-electron chi connectivity index (χ1n) is 5.16. The summed E-state index contributed by atoms with van der Waals surface area (Å²) < 4.78 is 1.91. The first-order valence-corrected chi connectivity index (χ1v) is 5.16. The number of rotatable bonds is 2. The smallest absolute Gasteiger partial charge is 0.160 e. The molecule has 0 aliphatic carbocycles. The van der Waals surface area contributed by atoms with Crippen molar-refractivity contribution >= 4 is 16.9 Å². The summed E-state index contributed by atoms with van der Waals surface area (Å²) in [6, 6.07) is 3.83. The average Bonchev–Trinajstić information content (AvgIpc) is 2.58. The highest BCUT2D eigenvalue weighted by Crippen LogP contribution is 2.26. The van der Waals surface area contributed by atoms with E-state index in [4.69, 9.17) is 5.73 Å². The maximum absolute atomic E-state index is 5.86. The quantitative estimate of drug-likeness (QED) is 0.815. The number of fused-ring (bicyclic) bond motifs is 1. The molecule has 0 saturated carbocycles. The molecule has 15 heavy (non-hydrogen) atoms. The van der Waals surface area contributed by atoms with Crippen LogP contribution in [-0.2, 0) is 5.54 Å². The van der Waals surface area contributed by atoms with Gasteiger partial charge in [-0.25, -0.2) is 9.67 Å². The predicted molar refractivity (Wildman–Crippen MR) is 61.6 cm³/mol. The van der Waals surface area contributed by atoms with Crippen LogP contribution in [0.15, 0.2) is 18.3 Å². The third-order valence-electron chi connectivity index (χ3n) is 2.91. The number of nitrogens with two attached hydrogens (primary N) is 1. The lowest BCUT2D eigenvalue weighted by Crippen LogP contribution is -2.26. The Morgan fingerprint density at radius 1 is 1.47 bits per heavy atom. The lowest BCUT2D eigenvalue weighted by atomic mass is 10.0. The van der Waals surface area contributed by atoms with E-state index in [1.807, 2.05) is 16.8 Å². The van der Waals surface area contributed by atoms with Crippen molar-refractivity contribution in [3.63, 3.8) is 0 Å². The van der Waals surface area contributed by atoms with Gasteiger partial charge in [0.05, 0.1) is 10.9 Å². The van der Waals surface area contributed by atoms with Gasteiger partial charge >= 0.3 is 0 Å². The Labute approximate surface area is 89.1 Å². The van der Waals surface area contributed by atoms with Crippen molar-refractivity contribution in [1.29, 1.82) is 0 Å². The van der Waals surface area contributed by atoms with Crippen molar-refractivity contribution in [3.05, 3.63) is 18.3 Å². The van der Waals surface area contributed by atoms with Gasteiger partial charge in [-0.05, 0) is 32.4 Å². The van der Waals surface area contributed by atoms with E-state index in [2.05, 4.69) is 30.9 Å². The van der Waals surface area contributed by atoms with E-state index in [9.17, 15) is 0 Å². The van der Waals surface area contributed by atoms with E-state index < -0.39 is 0 Å². The van der Waals surface area contributed by atoms with Crippen LogP contribution in [0, 0.1) is 0 Å². The Kier molecular flexibility index (Phi) is 2.14. The third kappa shape index (κ3) is 1.46. The molecule has 2 rings (SSSR count). The minimum Gasteiger partial charge on any atom is -0.382 e. The van der Waals surface area contributed by atoms with Gasteiger partial charge in [-0.1, -0.05) is 6.92 Å². The molecule has 4 nitrogen and oxygen atoms in total. The van der Waals surface area contributed by atoms with E-state index in [0.717, 1.165) is 17.5 Å². The van der Waals surface area contributed by atoms with Crippen LogP contribution in [0.2, 0.25) is 0 Å². The summed E-state index contributed by atoms with van der Waals surface area (Å²) in [4.78, 5) is 4.34. The van der Waals surface area contributed by atoms with Crippen molar-refractivity contribution in [2.24, 2.45) is 0 Å². The van der Waals surface area contributed by atoms with Gasteiger partial charge < -0.3 is 5.73 Å². The molecule has 2 aromatic rings. The minimum absolute atomic E-state index is 0.0514. The monoisotopic (exact) mass is 204 g/mol. The van der Waals surface area contributed by atoms with Crippen LogP contribution in [0.5, 0.6) is 0 Å². The zero-order valence-corrected chi connectivity index (χ0v) is 9.36. The highest BCUT2D eigenvalue weighted by molar-refractivity contribution is 5.86. The highest BCUT2D eigenvalue weighted by atomic mass is 15.4. The van der Waals surface area contributed by atoms with Crippen LogP contribution in [0.3, 0.4) is 0 Å². The lowest BCUT2D eigenvalue weighted by molar-refractivity contribution is 0.318. The fourth-order valence-electron chi connectivity index (χ4n) is 1.55. The van der Waals surface area contributed by atoms with Crippen molar-refractivity contribution in [2.75, 3.05) is 5.73 Å². The molecule has 2 aromatic heterocycles. The molecule has 0 radical (unpaired) electrons. The number of aromatic nitrogens is 3. The van der Waals surface area contributed by atoms with Gasteiger partial charge in [0.15, 0.2) is 11.5 Å². The molecule has 0 bridgehead atoms. The molecule has 2 N–H and O–H groups in total. The summed E-state index contributed by atoms with van der Waals surface area (Å²) in [6.45, 7) is 6.40. The maximum atomic E-state index is 5.86. The summed E-state index contributed by atoms with van der Waals surface area (Å²) in [6.07, 6.45) is 2.76. The van der Waals surface area contributed by atoms with Crippen molar-refractivity contribution in [1.82, 2.24) is 14.8 Å². The third-order valence-corrected chi connectivity index (χ3v) is 2.91.